The number of anilines is 1. The second-order valence-corrected chi connectivity index (χ2v) is 4.63. The normalized spacial score (nSPS) is 17.4. The Bertz CT molecular complexity index is 341. The van der Waals surface area contributed by atoms with Gasteiger partial charge in [0, 0.05) is 11.7 Å². The van der Waals surface area contributed by atoms with Crippen molar-refractivity contribution in [2.24, 2.45) is 0 Å². The van der Waals surface area contributed by atoms with Gasteiger partial charge in [0.2, 0.25) is 0 Å². The van der Waals surface area contributed by atoms with Crippen molar-refractivity contribution >= 4 is 5.69 Å². The molecule has 1 heterocycles. The summed E-state index contributed by atoms with van der Waals surface area (Å²) in [5.74, 6) is 0. The molecule has 0 aliphatic carbocycles. The maximum absolute atomic E-state index is 3.73. The predicted octanol–water partition coefficient (Wildman–Crippen LogP) is 2.72. The lowest BCUT2D eigenvalue weighted by atomic mass is 10.0. The largest absolute Gasteiger partial charge is 0.382 e. The first-order valence-electron chi connectivity index (χ1n) is 6.37. The lowest BCUT2D eigenvalue weighted by Crippen LogP contribution is -2.35. The summed E-state index contributed by atoms with van der Waals surface area (Å²) >= 11 is 0. The molecule has 0 atom stereocenters. The number of hydrogen-bond donors (Lipinski definition) is 2. The van der Waals surface area contributed by atoms with Crippen molar-refractivity contribution in [3.05, 3.63) is 29.3 Å². The number of benzene rings is 1. The number of rotatable bonds is 3. The fraction of sp³-hybridized carbons (Fsp3) is 0.571. The molecule has 2 rings (SSSR count). The zero-order valence-electron chi connectivity index (χ0n) is 10.3. The van der Waals surface area contributed by atoms with Crippen molar-refractivity contribution in [1.29, 1.82) is 0 Å². The summed E-state index contributed by atoms with van der Waals surface area (Å²) < 4.78 is 0. The molecule has 1 saturated heterocycles. The topological polar surface area (TPSA) is 24.1 Å². The molecule has 16 heavy (non-hydrogen) atoms. The maximum Gasteiger partial charge on any atom is 0.0404 e. The van der Waals surface area contributed by atoms with Gasteiger partial charge in [-0.25, -0.2) is 0 Å². The minimum atomic E-state index is 0.646. The van der Waals surface area contributed by atoms with Crippen LogP contribution >= 0.6 is 0 Å². The van der Waals surface area contributed by atoms with Gasteiger partial charge in [-0.3, -0.25) is 0 Å². The van der Waals surface area contributed by atoms with E-state index in [1.807, 2.05) is 0 Å². The van der Waals surface area contributed by atoms with Crippen LogP contribution in [-0.4, -0.2) is 19.1 Å². The van der Waals surface area contributed by atoms with E-state index >= 15 is 0 Å². The minimum Gasteiger partial charge on any atom is -0.382 e. The average molecular weight is 218 g/mol. The molecule has 2 heteroatoms. The molecular weight excluding hydrogens is 196 g/mol. The lowest BCUT2D eigenvalue weighted by molar-refractivity contribution is 0.478. The van der Waals surface area contributed by atoms with Gasteiger partial charge in [-0.05, 0) is 50.4 Å². The van der Waals surface area contributed by atoms with Crippen molar-refractivity contribution in [2.75, 3.05) is 18.4 Å². The zero-order chi connectivity index (χ0) is 11.4. The molecule has 0 radical (unpaired) electrons. The second-order valence-electron chi connectivity index (χ2n) is 4.63. The number of hydrogen-bond acceptors (Lipinski definition) is 2. The van der Waals surface area contributed by atoms with Crippen LogP contribution in [0.4, 0.5) is 5.69 Å². The highest BCUT2D eigenvalue weighted by atomic mass is 15.0. The van der Waals surface area contributed by atoms with Gasteiger partial charge >= 0.3 is 0 Å². The summed E-state index contributed by atoms with van der Waals surface area (Å²) in [4.78, 5) is 0. The summed E-state index contributed by atoms with van der Waals surface area (Å²) in [6.45, 7) is 6.71. The highest BCUT2D eigenvalue weighted by Gasteiger charge is 2.14. The summed E-state index contributed by atoms with van der Waals surface area (Å²) in [6, 6.07) is 7.23. The zero-order valence-corrected chi connectivity index (χ0v) is 10.3. The summed E-state index contributed by atoms with van der Waals surface area (Å²) in [6.07, 6.45) is 3.57. The van der Waals surface area contributed by atoms with Crippen LogP contribution in [0.15, 0.2) is 18.2 Å². The van der Waals surface area contributed by atoms with Gasteiger partial charge in [0.25, 0.3) is 0 Å². The first-order valence-corrected chi connectivity index (χ1v) is 6.37. The van der Waals surface area contributed by atoms with Crippen LogP contribution in [0, 0.1) is 6.92 Å². The van der Waals surface area contributed by atoms with Gasteiger partial charge < -0.3 is 10.6 Å². The van der Waals surface area contributed by atoms with Crippen molar-refractivity contribution in [1.82, 2.24) is 5.32 Å². The van der Waals surface area contributed by atoms with Gasteiger partial charge in [0.15, 0.2) is 0 Å². The van der Waals surface area contributed by atoms with Crippen LogP contribution in [0.2, 0.25) is 0 Å². The van der Waals surface area contributed by atoms with E-state index in [9.17, 15) is 0 Å². The summed E-state index contributed by atoms with van der Waals surface area (Å²) in [5.41, 5.74) is 4.19. The van der Waals surface area contributed by atoms with Gasteiger partial charge in [-0.1, -0.05) is 25.1 Å². The van der Waals surface area contributed by atoms with E-state index in [-0.39, 0.29) is 0 Å². The smallest absolute Gasteiger partial charge is 0.0404 e. The molecule has 2 nitrogen and oxygen atoms in total. The summed E-state index contributed by atoms with van der Waals surface area (Å²) in [7, 11) is 0. The summed E-state index contributed by atoms with van der Waals surface area (Å²) in [5, 5.41) is 7.13. The number of nitrogens with one attached hydrogen (secondary N) is 2. The van der Waals surface area contributed by atoms with Gasteiger partial charge in [-0.15, -0.1) is 0 Å². The van der Waals surface area contributed by atoms with Crippen molar-refractivity contribution < 1.29 is 0 Å². The predicted molar refractivity (Wildman–Crippen MR) is 70.1 cm³/mol. The van der Waals surface area contributed by atoms with Gasteiger partial charge in [0.05, 0.1) is 0 Å². The first kappa shape index (κ1) is 11.5. The quantitative estimate of drug-likeness (QED) is 0.815. The van der Waals surface area contributed by atoms with E-state index in [4.69, 9.17) is 0 Å². The van der Waals surface area contributed by atoms with Crippen molar-refractivity contribution in [3.63, 3.8) is 0 Å². The lowest BCUT2D eigenvalue weighted by Gasteiger charge is -2.26. The fourth-order valence-electron chi connectivity index (χ4n) is 2.40. The fourth-order valence-corrected chi connectivity index (χ4v) is 2.40. The Morgan fingerprint density at radius 2 is 2.06 bits per heavy atom. The average Bonchev–Trinajstić information content (AvgIpc) is 2.33. The monoisotopic (exact) mass is 218 g/mol. The standard InChI is InChI=1S/C14H22N2/c1-3-12-6-4-5-11(2)14(12)16-13-7-9-15-10-8-13/h4-6,13,15-16H,3,7-10H2,1-2H3. The highest BCUT2D eigenvalue weighted by molar-refractivity contribution is 5.57. The van der Waals surface area contributed by atoms with Crippen LogP contribution in [0.25, 0.3) is 0 Å². The van der Waals surface area contributed by atoms with Crippen LogP contribution in [0.1, 0.15) is 30.9 Å². The van der Waals surface area contributed by atoms with E-state index in [1.54, 1.807) is 0 Å². The molecule has 1 fully saturated rings. The molecule has 1 aromatic rings. The molecule has 0 amide bonds. The molecule has 0 aromatic heterocycles. The Kier molecular flexibility index (Phi) is 3.83. The molecular formula is C14H22N2. The highest BCUT2D eigenvalue weighted by Crippen LogP contribution is 2.23. The SMILES string of the molecule is CCc1cccc(C)c1NC1CCNCC1. The molecule has 0 spiro atoms. The molecule has 0 unspecified atom stereocenters. The molecule has 1 aromatic carbocycles. The Balaban J connectivity index is 2.12. The molecule has 0 saturated carbocycles. The van der Waals surface area contributed by atoms with Gasteiger partial charge in [0.1, 0.15) is 0 Å². The number of aryl methyl sites for hydroxylation is 2. The van der Waals surface area contributed by atoms with Crippen LogP contribution in [-0.2, 0) is 6.42 Å². The van der Waals surface area contributed by atoms with Crippen LogP contribution in [0.3, 0.4) is 0 Å². The first-order chi connectivity index (χ1) is 7.81. The molecule has 2 N–H and O–H groups in total. The molecule has 88 valence electrons. The van der Waals surface area contributed by atoms with Gasteiger partial charge in [-0.2, -0.15) is 0 Å². The third kappa shape index (κ3) is 2.56. The Labute approximate surface area is 98.4 Å². The van der Waals surface area contributed by atoms with Crippen LogP contribution in [0.5, 0.6) is 0 Å². The third-order valence-electron chi connectivity index (χ3n) is 3.43. The van der Waals surface area contributed by atoms with E-state index in [0.29, 0.717) is 6.04 Å². The third-order valence-corrected chi connectivity index (χ3v) is 3.43. The Morgan fingerprint density at radius 3 is 2.75 bits per heavy atom. The van der Waals surface area contributed by atoms with E-state index in [2.05, 4.69) is 42.7 Å². The number of para-hydroxylation sites is 1. The van der Waals surface area contributed by atoms with Crippen molar-refractivity contribution in [2.45, 2.75) is 39.2 Å². The Morgan fingerprint density at radius 1 is 1.31 bits per heavy atom. The Hall–Kier alpha value is -1.02. The van der Waals surface area contributed by atoms with Crippen molar-refractivity contribution in [3.8, 4) is 0 Å². The van der Waals surface area contributed by atoms with Crippen LogP contribution < -0.4 is 10.6 Å². The maximum atomic E-state index is 3.73. The molecule has 1 aliphatic rings. The van der Waals surface area contributed by atoms with E-state index in [1.165, 1.54) is 29.7 Å². The molecule has 1 aliphatic heterocycles. The van der Waals surface area contributed by atoms with E-state index in [0.717, 1.165) is 19.5 Å². The number of piperidine rings is 1. The molecule has 0 bridgehead atoms. The second kappa shape index (κ2) is 5.35. The van der Waals surface area contributed by atoms with E-state index < -0.39 is 0 Å². The minimum absolute atomic E-state index is 0.646.